The van der Waals surface area contributed by atoms with Crippen molar-refractivity contribution in [2.24, 2.45) is 11.7 Å². The summed E-state index contributed by atoms with van der Waals surface area (Å²) in [5.74, 6) is -0.305. The van der Waals surface area contributed by atoms with Gasteiger partial charge >= 0.3 is 5.69 Å². The Bertz CT molecular complexity index is 588. The SMILES string of the molecule is CC(C)[C@H](N)C(=O)Nc1ccn([C@@H]2CO[C@H](CO)O2)c(=O)n1. The number of hydrogen-bond acceptors (Lipinski definition) is 7. The predicted octanol–water partition coefficient (Wildman–Crippen LogP) is -0.971. The van der Waals surface area contributed by atoms with Gasteiger partial charge in [0.05, 0.1) is 19.3 Å². The molecule has 3 atom stereocenters. The molecule has 0 saturated carbocycles. The van der Waals surface area contributed by atoms with Gasteiger partial charge in [0.2, 0.25) is 5.91 Å². The van der Waals surface area contributed by atoms with E-state index in [1.165, 1.54) is 16.8 Å². The number of carbonyl (C=O) groups excluding carboxylic acids is 1. The topological polar surface area (TPSA) is 129 Å². The van der Waals surface area contributed by atoms with Crippen LogP contribution >= 0.6 is 0 Å². The summed E-state index contributed by atoms with van der Waals surface area (Å²) in [6.45, 7) is 3.49. The number of nitrogens with one attached hydrogen (secondary N) is 1. The van der Waals surface area contributed by atoms with Gasteiger partial charge in [0.15, 0.2) is 12.5 Å². The summed E-state index contributed by atoms with van der Waals surface area (Å²) in [6.07, 6.45) is 0.0414. The molecule has 1 fully saturated rings. The molecule has 1 aliphatic heterocycles. The fourth-order valence-corrected chi connectivity index (χ4v) is 1.90. The van der Waals surface area contributed by atoms with E-state index >= 15 is 0 Å². The summed E-state index contributed by atoms with van der Waals surface area (Å²) in [6, 6.07) is 0.795. The molecule has 1 saturated heterocycles. The highest BCUT2D eigenvalue weighted by Crippen LogP contribution is 2.19. The molecule has 1 aromatic rings. The number of hydrogen-bond donors (Lipinski definition) is 3. The first-order chi connectivity index (χ1) is 10.4. The standard InChI is InChI=1S/C13H20N4O5/c1-7(2)11(14)12(19)15-8-3-4-17(13(20)16-8)9-6-21-10(5-18)22-9/h3-4,7,9-11,18H,5-6,14H2,1-2H3,(H,15,16,19,20)/t9-,10-,11-/m0/s1. The van der Waals surface area contributed by atoms with Gasteiger partial charge in [-0.3, -0.25) is 9.36 Å². The zero-order valence-corrected chi connectivity index (χ0v) is 12.4. The normalized spacial score (nSPS) is 22.8. The Balaban J connectivity index is 2.07. The third-order valence-electron chi connectivity index (χ3n) is 3.30. The minimum Gasteiger partial charge on any atom is -0.391 e. The molecular formula is C13H20N4O5. The highest BCUT2D eigenvalue weighted by molar-refractivity contribution is 5.93. The summed E-state index contributed by atoms with van der Waals surface area (Å²) in [5, 5.41) is 11.4. The molecule has 9 heteroatoms. The Kier molecular flexibility index (Phi) is 5.24. The van der Waals surface area contributed by atoms with E-state index in [0.717, 1.165) is 0 Å². The number of carbonyl (C=O) groups is 1. The zero-order chi connectivity index (χ0) is 16.3. The molecule has 0 aliphatic carbocycles. The van der Waals surface area contributed by atoms with Crippen LogP contribution in [0.4, 0.5) is 5.82 Å². The second-order valence-electron chi connectivity index (χ2n) is 5.30. The fourth-order valence-electron chi connectivity index (χ4n) is 1.90. The van der Waals surface area contributed by atoms with Gasteiger partial charge in [-0.1, -0.05) is 13.8 Å². The lowest BCUT2D eigenvalue weighted by Gasteiger charge is -2.16. The molecule has 2 heterocycles. The number of aromatic nitrogens is 2. The number of amides is 1. The number of nitrogens with two attached hydrogens (primary N) is 1. The van der Waals surface area contributed by atoms with Crippen LogP contribution in [0.3, 0.4) is 0 Å². The highest BCUT2D eigenvalue weighted by Gasteiger charge is 2.27. The van der Waals surface area contributed by atoms with E-state index in [-0.39, 0.29) is 24.9 Å². The quantitative estimate of drug-likeness (QED) is 0.638. The molecule has 0 unspecified atom stereocenters. The largest absolute Gasteiger partial charge is 0.391 e. The summed E-state index contributed by atoms with van der Waals surface area (Å²) in [7, 11) is 0. The molecule has 1 aliphatic rings. The highest BCUT2D eigenvalue weighted by atomic mass is 16.7. The van der Waals surface area contributed by atoms with Crippen LogP contribution in [0.5, 0.6) is 0 Å². The molecule has 122 valence electrons. The molecule has 0 spiro atoms. The molecule has 22 heavy (non-hydrogen) atoms. The molecule has 0 radical (unpaired) electrons. The average Bonchev–Trinajstić information content (AvgIpc) is 2.95. The lowest BCUT2D eigenvalue weighted by atomic mass is 10.1. The molecule has 1 amide bonds. The van der Waals surface area contributed by atoms with Gasteiger partial charge in [0, 0.05) is 6.20 Å². The summed E-state index contributed by atoms with van der Waals surface area (Å²) in [4.78, 5) is 27.6. The number of nitrogens with zero attached hydrogens (tertiary/aromatic N) is 2. The van der Waals surface area contributed by atoms with E-state index in [4.69, 9.17) is 20.3 Å². The van der Waals surface area contributed by atoms with Crippen LogP contribution in [0.25, 0.3) is 0 Å². The Morgan fingerprint density at radius 2 is 2.36 bits per heavy atom. The monoisotopic (exact) mass is 312 g/mol. The van der Waals surface area contributed by atoms with Crippen LogP contribution in [0.1, 0.15) is 20.1 Å². The minimum atomic E-state index is -0.750. The van der Waals surface area contributed by atoms with Crippen molar-refractivity contribution in [3.8, 4) is 0 Å². The van der Waals surface area contributed by atoms with Crippen molar-refractivity contribution >= 4 is 11.7 Å². The fraction of sp³-hybridized carbons (Fsp3) is 0.615. The molecule has 1 aromatic heterocycles. The maximum Gasteiger partial charge on any atom is 0.351 e. The van der Waals surface area contributed by atoms with E-state index in [1.54, 1.807) is 0 Å². The number of aliphatic hydroxyl groups excluding tert-OH is 1. The summed E-state index contributed by atoms with van der Waals surface area (Å²) in [5.41, 5.74) is 5.13. The smallest absolute Gasteiger partial charge is 0.351 e. The first-order valence-corrected chi connectivity index (χ1v) is 6.96. The van der Waals surface area contributed by atoms with Gasteiger partial charge in [0.25, 0.3) is 0 Å². The molecule has 4 N–H and O–H groups in total. The van der Waals surface area contributed by atoms with Crippen molar-refractivity contribution in [3.05, 3.63) is 22.7 Å². The maximum atomic E-state index is 12.0. The van der Waals surface area contributed by atoms with Crippen LogP contribution in [-0.2, 0) is 14.3 Å². The minimum absolute atomic E-state index is 0.0279. The second kappa shape index (κ2) is 6.97. The van der Waals surface area contributed by atoms with E-state index in [0.29, 0.717) is 0 Å². The zero-order valence-electron chi connectivity index (χ0n) is 12.4. The van der Waals surface area contributed by atoms with Gasteiger partial charge < -0.3 is 25.6 Å². The lowest BCUT2D eigenvalue weighted by Crippen LogP contribution is -2.40. The van der Waals surface area contributed by atoms with Crippen LogP contribution in [0, 0.1) is 5.92 Å². The third kappa shape index (κ3) is 3.69. The van der Waals surface area contributed by atoms with Crippen molar-refractivity contribution < 1.29 is 19.4 Å². The Hall–Kier alpha value is -1.81. The number of rotatable bonds is 5. The Morgan fingerprint density at radius 3 is 2.91 bits per heavy atom. The van der Waals surface area contributed by atoms with Crippen molar-refractivity contribution in [1.29, 1.82) is 0 Å². The molecule has 0 bridgehead atoms. The summed E-state index contributed by atoms with van der Waals surface area (Å²) < 4.78 is 11.7. The molecular weight excluding hydrogens is 292 g/mol. The van der Waals surface area contributed by atoms with Crippen LogP contribution < -0.4 is 16.7 Å². The van der Waals surface area contributed by atoms with Gasteiger partial charge in [-0.25, -0.2) is 4.79 Å². The first kappa shape index (κ1) is 16.6. The van der Waals surface area contributed by atoms with Crippen molar-refractivity contribution in [3.63, 3.8) is 0 Å². The van der Waals surface area contributed by atoms with Gasteiger partial charge in [-0.15, -0.1) is 0 Å². The van der Waals surface area contributed by atoms with E-state index < -0.39 is 30.2 Å². The first-order valence-electron chi connectivity index (χ1n) is 6.96. The lowest BCUT2D eigenvalue weighted by molar-refractivity contribution is -0.118. The number of ether oxygens (including phenoxy) is 2. The third-order valence-corrected chi connectivity index (χ3v) is 3.30. The maximum absolute atomic E-state index is 12.0. The molecule has 9 nitrogen and oxygen atoms in total. The van der Waals surface area contributed by atoms with Crippen LogP contribution in [-0.4, -0.2) is 46.1 Å². The Morgan fingerprint density at radius 1 is 1.64 bits per heavy atom. The summed E-state index contributed by atoms with van der Waals surface area (Å²) >= 11 is 0. The van der Waals surface area contributed by atoms with Gasteiger partial charge in [0.1, 0.15) is 5.82 Å². The van der Waals surface area contributed by atoms with E-state index in [1.807, 2.05) is 13.8 Å². The predicted molar refractivity (Wildman–Crippen MR) is 76.9 cm³/mol. The number of anilines is 1. The van der Waals surface area contributed by atoms with E-state index in [9.17, 15) is 9.59 Å². The second-order valence-corrected chi connectivity index (χ2v) is 5.30. The van der Waals surface area contributed by atoms with Crippen LogP contribution in [0.15, 0.2) is 17.1 Å². The van der Waals surface area contributed by atoms with Crippen molar-refractivity contribution in [2.75, 3.05) is 18.5 Å². The van der Waals surface area contributed by atoms with E-state index in [2.05, 4.69) is 10.3 Å². The molecule has 0 aromatic carbocycles. The molecule has 2 rings (SSSR count). The van der Waals surface area contributed by atoms with Crippen molar-refractivity contribution in [2.45, 2.75) is 32.4 Å². The van der Waals surface area contributed by atoms with Gasteiger partial charge in [-0.2, -0.15) is 4.98 Å². The van der Waals surface area contributed by atoms with Gasteiger partial charge in [-0.05, 0) is 12.0 Å². The Labute approximate surface area is 127 Å². The van der Waals surface area contributed by atoms with Crippen molar-refractivity contribution in [1.82, 2.24) is 9.55 Å². The average molecular weight is 312 g/mol. The number of aliphatic hydroxyl groups is 1. The van der Waals surface area contributed by atoms with Crippen LogP contribution in [0.2, 0.25) is 0 Å².